The normalized spacial score (nSPS) is 48.3. The Bertz CT molecular complexity index is 390. The summed E-state index contributed by atoms with van der Waals surface area (Å²) in [6.07, 6.45) is 10.3. The second-order valence-electron chi connectivity index (χ2n) is 8.97. The Morgan fingerprint density at radius 2 is 1.76 bits per heavy atom. The number of hydrogen-bond acceptors (Lipinski definition) is 2. The van der Waals surface area contributed by atoms with E-state index < -0.39 is 0 Å². The molecule has 118 valence electrons. The van der Waals surface area contributed by atoms with E-state index in [4.69, 9.17) is 0 Å². The molecule has 21 heavy (non-hydrogen) atoms. The number of piperidine rings is 1. The van der Waals surface area contributed by atoms with Crippen molar-refractivity contribution in [3.05, 3.63) is 0 Å². The summed E-state index contributed by atoms with van der Waals surface area (Å²) in [7, 11) is 0. The van der Waals surface area contributed by atoms with Crippen molar-refractivity contribution in [2.75, 3.05) is 19.6 Å². The van der Waals surface area contributed by atoms with Crippen LogP contribution in [0.25, 0.3) is 0 Å². The minimum Gasteiger partial charge on any atom is -0.355 e. The van der Waals surface area contributed by atoms with Crippen molar-refractivity contribution >= 4 is 5.91 Å². The maximum Gasteiger partial charge on any atom is 0.226 e. The summed E-state index contributed by atoms with van der Waals surface area (Å²) in [6, 6.07) is 0. The molecule has 4 aliphatic carbocycles. The third-order valence-corrected chi connectivity index (χ3v) is 6.88. The fourth-order valence-corrected chi connectivity index (χ4v) is 6.14. The van der Waals surface area contributed by atoms with Crippen molar-refractivity contribution in [1.29, 1.82) is 0 Å². The van der Waals surface area contributed by atoms with E-state index in [9.17, 15) is 4.79 Å². The van der Waals surface area contributed by atoms with Crippen LogP contribution in [-0.4, -0.2) is 25.5 Å². The standard InChI is InChI=1S/C18H30N2O/c1-17(3-2-4-19-11-17)12-20-16(21)18-8-13-5-14(9-18)7-15(6-13)10-18/h13-15,19H,2-12H2,1H3,(H,20,21). The molecule has 1 unspecified atom stereocenters. The molecule has 4 saturated carbocycles. The van der Waals surface area contributed by atoms with Gasteiger partial charge in [0, 0.05) is 18.5 Å². The summed E-state index contributed by atoms with van der Waals surface area (Å²) < 4.78 is 0. The lowest BCUT2D eigenvalue weighted by Gasteiger charge is -2.55. The lowest BCUT2D eigenvalue weighted by molar-refractivity contribution is -0.146. The maximum atomic E-state index is 13.0. The van der Waals surface area contributed by atoms with Crippen molar-refractivity contribution < 1.29 is 4.79 Å². The zero-order chi connectivity index (χ0) is 14.5. The smallest absolute Gasteiger partial charge is 0.226 e. The molecule has 3 heteroatoms. The lowest BCUT2D eigenvalue weighted by atomic mass is 9.49. The molecule has 0 spiro atoms. The molecule has 3 nitrogen and oxygen atoms in total. The number of rotatable bonds is 3. The first-order valence-corrected chi connectivity index (χ1v) is 9.06. The largest absolute Gasteiger partial charge is 0.355 e. The summed E-state index contributed by atoms with van der Waals surface area (Å²) in [4.78, 5) is 13.0. The van der Waals surface area contributed by atoms with E-state index in [-0.39, 0.29) is 10.8 Å². The highest BCUT2D eigenvalue weighted by Gasteiger charge is 2.54. The Labute approximate surface area is 128 Å². The number of amides is 1. The maximum absolute atomic E-state index is 13.0. The molecule has 5 fully saturated rings. The molecule has 2 N–H and O–H groups in total. The first-order chi connectivity index (χ1) is 10.1. The molecule has 1 aliphatic heterocycles. The van der Waals surface area contributed by atoms with Crippen molar-refractivity contribution in [3.63, 3.8) is 0 Å². The molecule has 5 rings (SSSR count). The van der Waals surface area contributed by atoms with E-state index in [2.05, 4.69) is 17.6 Å². The molecule has 5 aliphatic rings. The van der Waals surface area contributed by atoms with Gasteiger partial charge in [-0.2, -0.15) is 0 Å². The van der Waals surface area contributed by atoms with Gasteiger partial charge in [0.2, 0.25) is 5.91 Å². The second kappa shape index (κ2) is 4.97. The zero-order valence-electron chi connectivity index (χ0n) is 13.4. The van der Waals surface area contributed by atoms with Crippen molar-refractivity contribution in [3.8, 4) is 0 Å². The monoisotopic (exact) mass is 290 g/mol. The quantitative estimate of drug-likeness (QED) is 0.839. The van der Waals surface area contributed by atoms with E-state index in [1.807, 2.05) is 0 Å². The SMILES string of the molecule is CC1(CNC(=O)C23CC4CC(CC(C4)C2)C3)CCCNC1. The highest BCUT2D eigenvalue weighted by Crippen LogP contribution is 2.60. The van der Waals surface area contributed by atoms with Gasteiger partial charge in [0.25, 0.3) is 0 Å². The third-order valence-electron chi connectivity index (χ3n) is 6.88. The molecule has 0 aromatic carbocycles. The van der Waals surface area contributed by atoms with E-state index in [1.54, 1.807) is 0 Å². The second-order valence-corrected chi connectivity index (χ2v) is 8.97. The van der Waals surface area contributed by atoms with Crippen molar-refractivity contribution in [2.24, 2.45) is 28.6 Å². The van der Waals surface area contributed by atoms with Gasteiger partial charge in [0.15, 0.2) is 0 Å². The van der Waals surface area contributed by atoms with Gasteiger partial charge >= 0.3 is 0 Å². The van der Waals surface area contributed by atoms with Gasteiger partial charge in [0.05, 0.1) is 0 Å². The summed E-state index contributed by atoms with van der Waals surface area (Å²) in [5.74, 6) is 2.96. The van der Waals surface area contributed by atoms with Crippen LogP contribution in [0, 0.1) is 28.6 Å². The van der Waals surface area contributed by atoms with Crippen LogP contribution in [0.4, 0.5) is 0 Å². The van der Waals surface area contributed by atoms with Gasteiger partial charge in [-0.05, 0) is 81.1 Å². The molecule has 1 atom stereocenters. The summed E-state index contributed by atoms with van der Waals surface area (Å²) in [5, 5.41) is 6.85. The fraction of sp³-hybridized carbons (Fsp3) is 0.944. The first-order valence-electron chi connectivity index (χ1n) is 9.06. The van der Waals surface area contributed by atoms with Crippen LogP contribution in [0.3, 0.4) is 0 Å². The van der Waals surface area contributed by atoms with E-state index in [0.717, 1.165) is 37.4 Å². The molecule has 0 radical (unpaired) electrons. The highest BCUT2D eigenvalue weighted by molar-refractivity contribution is 5.83. The Morgan fingerprint density at radius 1 is 1.14 bits per heavy atom. The van der Waals surface area contributed by atoms with Gasteiger partial charge in [-0.1, -0.05) is 6.92 Å². The van der Waals surface area contributed by atoms with Gasteiger partial charge in [-0.15, -0.1) is 0 Å². The molecule has 1 saturated heterocycles. The van der Waals surface area contributed by atoms with Crippen LogP contribution in [0.1, 0.15) is 58.3 Å². The molecule has 1 amide bonds. The van der Waals surface area contributed by atoms with Crippen LogP contribution >= 0.6 is 0 Å². The van der Waals surface area contributed by atoms with E-state index in [1.165, 1.54) is 51.4 Å². The molecule has 0 aromatic rings. The van der Waals surface area contributed by atoms with Crippen molar-refractivity contribution in [1.82, 2.24) is 10.6 Å². The minimum atomic E-state index is 0.0210. The minimum absolute atomic E-state index is 0.0210. The van der Waals surface area contributed by atoms with Crippen LogP contribution in [0.15, 0.2) is 0 Å². The van der Waals surface area contributed by atoms with E-state index >= 15 is 0 Å². The average Bonchev–Trinajstić information content (AvgIpc) is 2.44. The van der Waals surface area contributed by atoms with E-state index in [0.29, 0.717) is 5.91 Å². The Balaban J connectivity index is 1.41. The predicted molar refractivity (Wildman–Crippen MR) is 83.8 cm³/mol. The number of hydrogen-bond donors (Lipinski definition) is 2. The summed E-state index contributed by atoms with van der Waals surface area (Å²) in [6.45, 7) is 5.37. The number of nitrogens with one attached hydrogen (secondary N) is 2. The number of carbonyl (C=O) groups is 1. The van der Waals surface area contributed by atoms with Crippen molar-refractivity contribution in [2.45, 2.75) is 58.3 Å². The number of carbonyl (C=O) groups excluding carboxylic acids is 1. The zero-order valence-corrected chi connectivity index (χ0v) is 13.4. The molecule has 4 bridgehead atoms. The summed E-state index contributed by atoms with van der Waals surface area (Å²) in [5.41, 5.74) is 0.281. The van der Waals surface area contributed by atoms with Crippen LogP contribution < -0.4 is 10.6 Å². The molecule has 1 heterocycles. The fourth-order valence-electron chi connectivity index (χ4n) is 6.14. The highest BCUT2D eigenvalue weighted by atomic mass is 16.2. The lowest BCUT2D eigenvalue weighted by Crippen LogP contribution is -2.55. The topological polar surface area (TPSA) is 41.1 Å². The van der Waals surface area contributed by atoms with Gasteiger partial charge in [-0.3, -0.25) is 4.79 Å². The predicted octanol–water partition coefficient (Wildman–Crippen LogP) is 2.71. The van der Waals surface area contributed by atoms with Crippen LogP contribution in [0.5, 0.6) is 0 Å². The molecule has 0 aromatic heterocycles. The Kier molecular flexibility index (Phi) is 3.33. The molecular formula is C18H30N2O. The van der Waals surface area contributed by atoms with Gasteiger partial charge in [-0.25, -0.2) is 0 Å². The first kappa shape index (κ1) is 14.0. The van der Waals surface area contributed by atoms with Gasteiger partial charge < -0.3 is 10.6 Å². The molecular weight excluding hydrogens is 260 g/mol. The van der Waals surface area contributed by atoms with Crippen LogP contribution in [0.2, 0.25) is 0 Å². The Morgan fingerprint density at radius 3 is 2.29 bits per heavy atom. The van der Waals surface area contributed by atoms with Gasteiger partial charge in [0.1, 0.15) is 0 Å². The Hall–Kier alpha value is -0.570. The third kappa shape index (κ3) is 2.52. The summed E-state index contributed by atoms with van der Waals surface area (Å²) >= 11 is 0. The average molecular weight is 290 g/mol. The van der Waals surface area contributed by atoms with Crippen LogP contribution in [-0.2, 0) is 4.79 Å².